The van der Waals surface area contributed by atoms with E-state index in [9.17, 15) is 4.79 Å². The Hall–Kier alpha value is -2.06. The average Bonchev–Trinajstić information content (AvgIpc) is 2.38. The smallest absolute Gasteiger partial charge is 0.335 e. The van der Waals surface area contributed by atoms with Crippen molar-refractivity contribution in [1.82, 2.24) is 0 Å². The highest BCUT2D eigenvalue weighted by Gasteiger charge is 2.10. The maximum absolute atomic E-state index is 10.8. The van der Waals surface area contributed by atoms with Gasteiger partial charge in [-0.1, -0.05) is 60.6 Å². The monoisotopic (exact) mass is 258 g/mol. The van der Waals surface area contributed by atoms with E-state index < -0.39 is 5.97 Å². The summed E-state index contributed by atoms with van der Waals surface area (Å²) in [6.07, 6.45) is 0. The average molecular weight is 259 g/mol. The van der Waals surface area contributed by atoms with Crippen LogP contribution in [0.25, 0.3) is 16.7 Å². The van der Waals surface area contributed by atoms with Gasteiger partial charge in [-0.3, -0.25) is 0 Å². The first-order chi connectivity index (χ1) is 8.59. The van der Waals surface area contributed by atoms with E-state index in [0.717, 1.165) is 11.1 Å². The molecule has 0 heterocycles. The molecule has 2 aromatic carbocycles. The summed E-state index contributed by atoms with van der Waals surface area (Å²) in [5, 5.41) is 9.38. The summed E-state index contributed by atoms with van der Waals surface area (Å²) in [6, 6.07) is 14.8. The molecule has 0 radical (unpaired) electrons. The lowest BCUT2D eigenvalue weighted by Crippen LogP contribution is -1.97. The second-order valence-corrected chi connectivity index (χ2v) is 4.25. The molecular formula is C15H11ClO2. The van der Waals surface area contributed by atoms with E-state index in [1.807, 2.05) is 30.3 Å². The molecule has 0 saturated carbocycles. The Kier molecular flexibility index (Phi) is 3.49. The fraction of sp³-hybridized carbons (Fsp3) is 0. The molecule has 0 aliphatic carbocycles. The first-order valence-corrected chi connectivity index (χ1v) is 5.75. The number of halogens is 1. The molecule has 0 spiro atoms. The number of hydrogen-bond acceptors (Lipinski definition) is 1. The molecule has 0 atom stereocenters. The molecule has 2 rings (SSSR count). The van der Waals surface area contributed by atoms with Gasteiger partial charge in [-0.05, 0) is 17.2 Å². The van der Waals surface area contributed by atoms with Crippen LogP contribution in [-0.2, 0) is 4.79 Å². The van der Waals surface area contributed by atoms with Crippen LogP contribution in [0.5, 0.6) is 0 Å². The summed E-state index contributed by atoms with van der Waals surface area (Å²) in [5.41, 5.74) is 2.43. The van der Waals surface area contributed by atoms with Crippen LogP contribution < -0.4 is 0 Å². The van der Waals surface area contributed by atoms with Crippen LogP contribution in [0, 0.1) is 0 Å². The first-order valence-electron chi connectivity index (χ1n) is 5.37. The van der Waals surface area contributed by atoms with E-state index in [1.54, 1.807) is 18.2 Å². The standard InChI is InChI=1S/C15H11ClO2/c1-10(15(17)18)12-7-8-13(14(16)9-12)11-5-3-2-4-6-11/h2-9H,1H2,(H,17,18). The number of aliphatic carboxylic acids is 1. The van der Waals surface area contributed by atoms with E-state index in [1.165, 1.54) is 0 Å². The van der Waals surface area contributed by atoms with Crippen molar-refractivity contribution in [1.29, 1.82) is 0 Å². The van der Waals surface area contributed by atoms with Crippen molar-refractivity contribution in [3.8, 4) is 11.1 Å². The van der Waals surface area contributed by atoms with E-state index in [4.69, 9.17) is 16.7 Å². The Morgan fingerprint density at radius 2 is 1.78 bits per heavy atom. The predicted octanol–water partition coefficient (Wildman–Crippen LogP) is 4.10. The van der Waals surface area contributed by atoms with Gasteiger partial charge in [-0.2, -0.15) is 0 Å². The van der Waals surface area contributed by atoms with Gasteiger partial charge in [0, 0.05) is 10.6 Å². The Morgan fingerprint density at radius 3 is 2.33 bits per heavy atom. The van der Waals surface area contributed by atoms with Gasteiger partial charge in [0.15, 0.2) is 0 Å². The number of rotatable bonds is 3. The fourth-order valence-electron chi connectivity index (χ4n) is 1.68. The third kappa shape index (κ3) is 2.44. The molecule has 0 aromatic heterocycles. The van der Waals surface area contributed by atoms with Crippen LogP contribution in [0.4, 0.5) is 0 Å². The highest BCUT2D eigenvalue weighted by Crippen LogP contribution is 2.30. The molecule has 2 nitrogen and oxygen atoms in total. The van der Waals surface area contributed by atoms with Crippen LogP contribution in [0.15, 0.2) is 55.1 Å². The minimum atomic E-state index is -1.04. The molecular weight excluding hydrogens is 248 g/mol. The Morgan fingerprint density at radius 1 is 1.11 bits per heavy atom. The van der Waals surface area contributed by atoms with Gasteiger partial charge in [0.05, 0.1) is 5.57 Å². The number of benzene rings is 2. The van der Waals surface area contributed by atoms with Gasteiger partial charge in [-0.15, -0.1) is 0 Å². The second-order valence-electron chi connectivity index (χ2n) is 3.84. The topological polar surface area (TPSA) is 37.3 Å². The molecule has 0 bridgehead atoms. The Labute approximate surface area is 110 Å². The number of carboxylic acids is 1. The van der Waals surface area contributed by atoms with Crippen LogP contribution in [0.1, 0.15) is 5.56 Å². The maximum atomic E-state index is 10.8. The largest absolute Gasteiger partial charge is 0.478 e. The molecule has 0 fully saturated rings. The van der Waals surface area contributed by atoms with Crippen molar-refractivity contribution >= 4 is 23.1 Å². The summed E-state index contributed by atoms with van der Waals surface area (Å²) in [4.78, 5) is 10.8. The van der Waals surface area contributed by atoms with Crippen molar-refractivity contribution in [3.63, 3.8) is 0 Å². The lowest BCUT2D eigenvalue weighted by atomic mass is 10.0. The van der Waals surface area contributed by atoms with Crippen LogP contribution in [0.2, 0.25) is 5.02 Å². The number of hydrogen-bond donors (Lipinski definition) is 1. The van der Waals surface area contributed by atoms with Crippen molar-refractivity contribution in [2.45, 2.75) is 0 Å². The SMILES string of the molecule is C=C(C(=O)O)c1ccc(-c2ccccc2)c(Cl)c1. The number of carbonyl (C=O) groups is 1. The summed E-state index contributed by atoms with van der Waals surface area (Å²) < 4.78 is 0. The third-order valence-corrected chi connectivity index (χ3v) is 2.97. The zero-order valence-electron chi connectivity index (χ0n) is 9.56. The molecule has 0 aliphatic rings. The van der Waals surface area contributed by atoms with E-state index in [2.05, 4.69) is 6.58 Å². The lowest BCUT2D eigenvalue weighted by molar-refractivity contribution is -0.130. The molecule has 0 aliphatic heterocycles. The molecule has 0 unspecified atom stereocenters. The zero-order chi connectivity index (χ0) is 13.1. The molecule has 2 aromatic rings. The van der Waals surface area contributed by atoms with E-state index in [-0.39, 0.29) is 5.57 Å². The van der Waals surface area contributed by atoms with Gasteiger partial charge in [0.25, 0.3) is 0 Å². The second kappa shape index (κ2) is 5.07. The van der Waals surface area contributed by atoms with Gasteiger partial charge in [0.1, 0.15) is 0 Å². The van der Waals surface area contributed by atoms with Crippen LogP contribution >= 0.6 is 11.6 Å². The van der Waals surface area contributed by atoms with Crippen LogP contribution in [-0.4, -0.2) is 11.1 Å². The van der Waals surface area contributed by atoms with Crippen molar-refractivity contribution in [2.75, 3.05) is 0 Å². The summed E-state index contributed by atoms with van der Waals surface area (Å²) in [6.45, 7) is 3.51. The fourth-order valence-corrected chi connectivity index (χ4v) is 1.97. The molecule has 18 heavy (non-hydrogen) atoms. The lowest BCUT2D eigenvalue weighted by Gasteiger charge is -2.07. The van der Waals surface area contributed by atoms with Crippen molar-refractivity contribution in [2.24, 2.45) is 0 Å². The summed E-state index contributed by atoms with van der Waals surface area (Å²) in [7, 11) is 0. The summed E-state index contributed by atoms with van der Waals surface area (Å²) >= 11 is 6.18. The van der Waals surface area contributed by atoms with Crippen molar-refractivity contribution in [3.05, 3.63) is 65.7 Å². The van der Waals surface area contributed by atoms with Gasteiger partial charge in [-0.25, -0.2) is 4.79 Å². The van der Waals surface area contributed by atoms with Gasteiger partial charge < -0.3 is 5.11 Å². The van der Waals surface area contributed by atoms with Gasteiger partial charge in [0.2, 0.25) is 0 Å². The molecule has 0 amide bonds. The maximum Gasteiger partial charge on any atom is 0.335 e. The van der Waals surface area contributed by atoms with Gasteiger partial charge >= 0.3 is 5.97 Å². The number of carboxylic acid groups (broad SMARTS) is 1. The third-order valence-electron chi connectivity index (χ3n) is 2.66. The Balaban J connectivity index is 2.43. The normalized spacial score (nSPS) is 10.1. The minimum absolute atomic E-state index is 0.0384. The minimum Gasteiger partial charge on any atom is -0.478 e. The highest BCUT2D eigenvalue weighted by atomic mass is 35.5. The van der Waals surface area contributed by atoms with Crippen LogP contribution in [0.3, 0.4) is 0 Å². The molecule has 1 N–H and O–H groups in total. The summed E-state index contributed by atoms with van der Waals surface area (Å²) in [5.74, 6) is -1.04. The molecule has 3 heteroatoms. The van der Waals surface area contributed by atoms with E-state index in [0.29, 0.717) is 10.6 Å². The van der Waals surface area contributed by atoms with E-state index >= 15 is 0 Å². The quantitative estimate of drug-likeness (QED) is 0.842. The molecule has 0 saturated heterocycles. The first kappa shape index (κ1) is 12.4. The highest BCUT2D eigenvalue weighted by molar-refractivity contribution is 6.33. The predicted molar refractivity (Wildman–Crippen MR) is 73.6 cm³/mol. The Bertz CT molecular complexity index is 603. The molecule has 90 valence electrons. The van der Waals surface area contributed by atoms with Crippen molar-refractivity contribution < 1.29 is 9.90 Å². The zero-order valence-corrected chi connectivity index (χ0v) is 10.3.